The van der Waals surface area contributed by atoms with Crippen LogP contribution in [0.5, 0.6) is 0 Å². The first-order valence-electron chi connectivity index (χ1n) is 7.09. The standard InChI is InChI=1S/C14H14F3N3O2S/c1-2-7-3-8-11(18-6-19-12(8)23-7)20-4-9(13(21)22)10(5-20)14(15,16)17/h3,6,9-10H,2,4-5H2,1H3,(H,21,22)/t9-,10-/m1/s1. The zero-order chi connectivity index (χ0) is 16.8. The lowest BCUT2D eigenvalue weighted by molar-refractivity contribution is -0.187. The molecule has 0 aromatic carbocycles. The zero-order valence-corrected chi connectivity index (χ0v) is 13.0. The third kappa shape index (κ3) is 2.85. The minimum absolute atomic E-state index is 0.205. The average molecular weight is 345 g/mol. The van der Waals surface area contributed by atoms with Crippen LogP contribution >= 0.6 is 11.3 Å². The Labute approximate surface area is 133 Å². The van der Waals surface area contributed by atoms with Crippen molar-refractivity contribution in [3.05, 3.63) is 17.3 Å². The summed E-state index contributed by atoms with van der Waals surface area (Å²) in [7, 11) is 0. The zero-order valence-electron chi connectivity index (χ0n) is 12.2. The number of fused-ring (bicyclic) bond motifs is 1. The van der Waals surface area contributed by atoms with Crippen LogP contribution in [0.15, 0.2) is 12.4 Å². The highest BCUT2D eigenvalue weighted by Gasteiger charge is 2.53. The number of carbonyl (C=O) groups is 1. The van der Waals surface area contributed by atoms with Gasteiger partial charge in [0.15, 0.2) is 0 Å². The van der Waals surface area contributed by atoms with Gasteiger partial charge in [-0.2, -0.15) is 13.2 Å². The van der Waals surface area contributed by atoms with E-state index in [1.807, 2.05) is 13.0 Å². The van der Waals surface area contributed by atoms with E-state index in [9.17, 15) is 18.0 Å². The molecule has 1 fully saturated rings. The van der Waals surface area contributed by atoms with E-state index in [2.05, 4.69) is 9.97 Å². The quantitative estimate of drug-likeness (QED) is 0.926. The maximum absolute atomic E-state index is 13.1. The van der Waals surface area contributed by atoms with Gasteiger partial charge in [0, 0.05) is 18.0 Å². The largest absolute Gasteiger partial charge is 0.481 e. The molecule has 5 nitrogen and oxygen atoms in total. The van der Waals surface area contributed by atoms with Crippen molar-refractivity contribution < 1.29 is 23.1 Å². The summed E-state index contributed by atoms with van der Waals surface area (Å²) in [6.45, 7) is 1.38. The van der Waals surface area contributed by atoms with E-state index in [4.69, 9.17) is 5.11 Å². The van der Waals surface area contributed by atoms with Gasteiger partial charge in [0.25, 0.3) is 0 Å². The van der Waals surface area contributed by atoms with Gasteiger partial charge in [0.2, 0.25) is 0 Å². The molecule has 2 aromatic heterocycles. The molecule has 0 aliphatic carbocycles. The molecule has 0 spiro atoms. The Morgan fingerprint density at radius 1 is 1.43 bits per heavy atom. The fourth-order valence-corrected chi connectivity index (χ4v) is 3.81. The van der Waals surface area contributed by atoms with Crippen molar-refractivity contribution in [3.63, 3.8) is 0 Å². The van der Waals surface area contributed by atoms with E-state index in [-0.39, 0.29) is 6.54 Å². The van der Waals surface area contributed by atoms with Crippen LogP contribution < -0.4 is 4.90 Å². The van der Waals surface area contributed by atoms with Gasteiger partial charge in [-0.05, 0) is 12.5 Å². The molecule has 1 aliphatic heterocycles. The predicted octanol–water partition coefficient (Wildman–Crippen LogP) is 2.95. The summed E-state index contributed by atoms with van der Waals surface area (Å²) in [5.74, 6) is -4.43. The fraction of sp³-hybridized carbons (Fsp3) is 0.500. The second kappa shape index (κ2) is 5.63. The molecule has 2 atom stereocenters. The SMILES string of the molecule is CCc1cc2c(N3C[C@@H](C(F)(F)F)[C@H](C(=O)O)C3)ncnc2s1. The number of anilines is 1. The molecule has 23 heavy (non-hydrogen) atoms. The van der Waals surface area contributed by atoms with Gasteiger partial charge in [-0.3, -0.25) is 4.79 Å². The summed E-state index contributed by atoms with van der Waals surface area (Å²) in [4.78, 5) is 22.6. The van der Waals surface area contributed by atoms with E-state index in [0.29, 0.717) is 16.0 Å². The van der Waals surface area contributed by atoms with E-state index >= 15 is 0 Å². The maximum atomic E-state index is 13.1. The third-order valence-electron chi connectivity index (χ3n) is 4.06. The van der Waals surface area contributed by atoms with Gasteiger partial charge >= 0.3 is 12.1 Å². The molecule has 0 saturated carbocycles. The van der Waals surface area contributed by atoms with Gasteiger partial charge in [0.05, 0.1) is 17.2 Å². The number of aromatic nitrogens is 2. The van der Waals surface area contributed by atoms with Gasteiger partial charge in [-0.15, -0.1) is 11.3 Å². The smallest absolute Gasteiger partial charge is 0.394 e. The van der Waals surface area contributed by atoms with E-state index < -0.39 is 30.5 Å². The van der Waals surface area contributed by atoms with Crippen molar-refractivity contribution in [2.75, 3.05) is 18.0 Å². The Hall–Kier alpha value is -1.90. The first-order valence-corrected chi connectivity index (χ1v) is 7.90. The molecular formula is C14H14F3N3O2S. The monoisotopic (exact) mass is 345 g/mol. The van der Waals surface area contributed by atoms with Crippen molar-refractivity contribution >= 4 is 33.3 Å². The summed E-state index contributed by atoms with van der Waals surface area (Å²) in [5, 5.41) is 9.79. The number of thiophene rings is 1. The Bertz CT molecular complexity index is 746. The number of hydrogen-bond acceptors (Lipinski definition) is 5. The fourth-order valence-electron chi connectivity index (χ4n) is 2.88. The highest BCUT2D eigenvalue weighted by atomic mass is 32.1. The van der Waals surface area contributed by atoms with Crippen LogP contribution in [0.2, 0.25) is 0 Å². The van der Waals surface area contributed by atoms with Crippen LogP contribution in [-0.4, -0.2) is 40.3 Å². The Balaban J connectivity index is 1.99. The summed E-state index contributed by atoms with van der Waals surface area (Å²) in [6, 6.07) is 1.87. The molecule has 9 heteroatoms. The van der Waals surface area contributed by atoms with Crippen LogP contribution in [-0.2, 0) is 11.2 Å². The van der Waals surface area contributed by atoms with Gasteiger partial charge in [-0.1, -0.05) is 6.92 Å². The molecule has 1 N–H and O–H groups in total. The molecule has 0 amide bonds. The first kappa shape index (κ1) is 16.0. The second-order valence-corrected chi connectivity index (χ2v) is 6.60. The van der Waals surface area contributed by atoms with Gasteiger partial charge in [0.1, 0.15) is 17.0 Å². The number of carboxylic acid groups (broad SMARTS) is 1. The molecule has 124 valence electrons. The number of hydrogen-bond donors (Lipinski definition) is 1. The number of alkyl halides is 3. The van der Waals surface area contributed by atoms with Crippen molar-refractivity contribution in [2.45, 2.75) is 19.5 Å². The normalized spacial score (nSPS) is 22.0. The molecule has 3 heterocycles. The van der Waals surface area contributed by atoms with E-state index in [1.165, 1.54) is 22.6 Å². The summed E-state index contributed by atoms with van der Waals surface area (Å²) in [6.07, 6.45) is -2.44. The average Bonchev–Trinajstić information content (AvgIpc) is 3.10. The molecule has 2 aromatic rings. The number of nitrogens with zero attached hydrogens (tertiary/aromatic N) is 3. The van der Waals surface area contributed by atoms with Crippen molar-refractivity contribution in [2.24, 2.45) is 11.8 Å². The molecular weight excluding hydrogens is 331 g/mol. The van der Waals surface area contributed by atoms with E-state index in [0.717, 1.165) is 11.3 Å². The molecule has 3 rings (SSSR count). The molecule has 1 saturated heterocycles. The summed E-state index contributed by atoms with van der Waals surface area (Å²) < 4.78 is 39.3. The van der Waals surface area contributed by atoms with Crippen LogP contribution in [0.1, 0.15) is 11.8 Å². The molecule has 0 unspecified atom stereocenters. The lowest BCUT2D eigenvalue weighted by Crippen LogP contribution is -2.33. The lowest BCUT2D eigenvalue weighted by Gasteiger charge is -2.19. The third-order valence-corrected chi connectivity index (χ3v) is 5.25. The maximum Gasteiger partial charge on any atom is 0.394 e. The minimum atomic E-state index is -4.55. The number of aliphatic carboxylic acids is 1. The van der Waals surface area contributed by atoms with Crippen LogP contribution in [0.3, 0.4) is 0 Å². The van der Waals surface area contributed by atoms with E-state index in [1.54, 1.807) is 0 Å². The first-order chi connectivity index (χ1) is 10.8. The van der Waals surface area contributed by atoms with Crippen LogP contribution in [0.25, 0.3) is 10.2 Å². The molecule has 0 bridgehead atoms. The summed E-state index contributed by atoms with van der Waals surface area (Å²) >= 11 is 1.47. The topological polar surface area (TPSA) is 66.3 Å². The number of halogens is 3. The van der Waals surface area contributed by atoms with Crippen molar-refractivity contribution in [1.29, 1.82) is 0 Å². The molecule has 0 radical (unpaired) electrons. The second-order valence-electron chi connectivity index (χ2n) is 5.48. The predicted molar refractivity (Wildman–Crippen MR) is 79.7 cm³/mol. The Morgan fingerprint density at radius 2 is 2.17 bits per heavy atom. The summed E-state index contributed by atoms with van der Waals surface area (Å²) in [5.41, 5.74) is 0. The van der Waals surface area contributed by atoms with Crippen molar-refractivity contribution in [3.8, 4) is 0 Å². The van der Waals surface area contributed by atoms with Gasteiger partial charge in [-0.25, -0.2) is 9.97 Å². The highest BCUT2D eigenvalue weighted by molar-refractivity contribution is 7.18. The number of rotatable bonds is 3. The lowest BCUT2D eigenvalue weighted by atomic mass is 9.96. The minimum Gasteiger partial charge on any atom is -0.481 e. The highest BCUT2D eigenvalue weighted by Crippen LogP contribution is 2.41. The van der Waals surface area contributed by atoms with Crippen molar-refractivity contribution in [1.82, 2.24) is 9.97 Å². The molecule has 1 aliphatic rings. The number of aryl methyl sites for hydroxylation is 1. The Kier molecular flexibility index (Phi) is 3.91. The Morgan fingerprint density at radius 3 is 2.74 bits per heavy atom. The number of carboxylic acids is 1. The van der Waals surface area contributed by atoms with Crippen LogP contribution in [0.4, 0.5) is 19.0 Å². The van der Waals surface area contributed by atoms with Gasteiger partial charge < -0.3 is 10.0 Å². The van der Waals surface area contributed by atoms with Crippen LogP contribution in [0, 0.1) is 11.8 Å².